The molecule has 1 saturated heterocycles. The molecule has 4 rings (SSSR count). The number of benzene rings is 2. The van der Waals surface area contributed by atoms with Gasteiger partial charge in [-0.2, -0.15) is 13.2 Å². The molecule has 2 fully saturated rings. The van der Waals surface area contributed by atoms with Gasteiger partial charge in [0.15, 0.2) is 4.90 Å². The van der Waals surface area contributed by atoms with Crippen molar-refractivity contribution in [3.05, 3.63) is 58.6 Å². The van der Waals surface area contributed by atoms with Gasteiger partial charge in [-0.25, -0.2) is 0 Å². The number of hydrogen-bond donors (Lipinski definition) is 1. The molecular weight excluding hydrogens is 437 g/mol. The molecule has 0 amide bonds. The van der Waals surface area contributed by atoms with E-state index in [2.05, 4.69) is 9.62 Å². The van der Waals surface area contributed by atoms with Gasteiger partial charge in [0.2, 0.25) is 0 Å². The average molecular weight is 459 g/mol. The second-order valence-electron chi connectivity index (χ2n) is 7.71. The van der Waals surface area contributed by atoms with E-state index < -0.39 is 23.1 Å². The Balaban J connectivity index is 1.31. The SMILES string of the molecule is [O-][S+](N[C@@H]1CCN(Cc2ccc(OC3CC3)cc2)C1)c1cc(C(F)(F)F)ccc1Cl. The van der Waals surface area contributed by atoms with Gasteiger partial charge >= 0.3 is 6.18 Å². The highest BCUT2D eigenvalue weighted by molar-refractivity contribution is 7.89. The number of halogens is 4. The Labute approximate surface area is 181 Å². The molecule has 2 atom stereocenters. The largest absolute Gasteiger partial charge is 0.593 e. The number of ether oxygens (including phenoxy) is 1. The minimum absolute atomic E-state index is 0.0452. The first kappa shape index (κ1) is 21.8. The van der Waals surface area contributed by atoms with E-state index in [-0.39, 0.29) is 16.0 Å². The van der Waals surface area contributed by atoms with Crippen LogP contribution in [-0.4, -0.2) is 34.7 Å². The number of alkyl halides is 3. The first-order chi connectivity index (χ1) is 14.3. The standard InChI is InChI=1S/C21H22ClF3N2O2S/c22-19-8-3-15(21(23,24)25)11-20(19)30(28)26-16-9-10-27(13-16)12-14-1-4-17(5-2-14)29-18-6-7-18/h1-5,8,11,16,18,26H,6-7,9-10,12-13H2/t16-,30?/m1/s1. The zero-order valence-electron chi connectivity index (χ0n) is 16.1. The summed E-state index contributed by atoms with van der Waals surface area (Å²) in [6, 6.07) is 10.8. The molecule has 0 aromatic heterocycles. The van der Waals surface area contributed by atoms with Gasteiger partial charge in [0, 0.05) is 25.7 Å². The third kappa shape index (κ3) is 5.62. The number of nitrogens with one attached hydrogen (secondary N) is 1. The average Bonchev–Trinajstić information content (AvgIpc) is 3.40. The molecule has 0 radical (unpaired) electrons. The molecule has 162 valence electrons. The fourth-order valence-electron chi connectivity index (χ4n) is 3.42. The molecular formula is C21H22ClF3N2O2S. The maximum Gasteiger partial charge on any atom is 0.416 e. The van der Waals surface area contributed by atoms with E-state index in [1.165, 1.54) is 0 Å². The molecule has 2 aromatic rings. The molecule has 4 nitrogen and oxygen atoms in total. The van der Waals surface area contributed by atoms with Gasteiger partial charge in [-0.1, -0.05) is 23.7 Å². The molecule has 0 spiro atoms. The van der Waals surface area contributed by atoms with Crippen molar-refractivity contribution >= 4 is 23.0 Å². The second kappa shape index (κ2) is 8.96. The van der Waals surface area contributed by atoms with Crippen LogP contribution in [0.2, 0.25) is 5.02 Å². The third-order valence-corrected chi connectivity index (χ3v) is 6.89. The lowest BCUT2D eigenvalue weighted by Gasteiger charge is -2.19. The van der Waals surface area contributed by atoms with E-state index in [1.54, 1.807) is 0 Å². The van der Waals surface area contributed by atoms with E-state index in [0.717, 1.165) is 61.9 Å². The summed E-state index contributed by atoms with van der Waals surface area (Å²) in [7, 11) is 0. The third-order valence-electron chi connectivity index (χ3n) is 5.16. The highest BCUT2D eigenvalue weighted by Gasteiger charge is 2.34. The van der Waals surface area contributed by atoms with Crippen LogP contribution in [0, 0.1) is 0 Å². The highest BCUT2D eigenvalue weighted by atomic mass is 35.5. The Bertz CT molecular complexity index is 878. The van der Waals surface area contributed by atoms with E-state index in [9.17, 15) is 17.7 Å². The Hall–Kier alpha value is -1.45. The molecule has 1 saturated carbocycles. The summed E-state index contributed by atoms with van der Waals surface area (Å²) < 4.78 is 60.1. The second-order valence-corrected chi connectivity index (χ2v) is 9.33. The number of likely N-dealkylation sites (tertiary alicyclic amines) is 1. The normalized spacial score (nSPS) is 21.0. The van der Waals surface area contributed by atoms with Crippen molar-refractivity contribution in [2.45, 2.75) is 49.0 Å². The monoisotopic (exact) mass is 458 g/mol. The van der Waals surface area contributed by atoms with E-state index >= 15 is 0 Å². The number of hydrogen-bond acceptors (Lipinski definition) is 4. The van der Waals surface area contributed by atoms with Crippen molar-refractivity contribution in [3.63, 3.8) is 0 Å². The molecule has 2 aromatic carbocycles. The van der Waals surface area contributed by atoms with E-state index in [0.29, 0.717) is 12.6 Å². The van der Waals surface area contributed by atoms with Gasteiger partial charge in [0.25, 0.3) is 0 Å². The zero-order valence-corrected chi connectivity index (χ0v) is 17.7. The first-order valence-corrected chi connectivity index (χ1v) is 11.3. The Morgan fingerprint density at radius 2 is 1.87 bits per heavy atom. The van der Waals surface area contributed by atoms with E-state index in [1.807, 2.05) is 24.3 Å². The molecule has 1 aliphatic heterocycles. The van der Waals surface area contributed by atoms with Crippen LogP contribution in [0.5, 0.6) is 5.75 Å². The van der Waals surface area contributed by atoms with Crippen molar-refractivity contribution in [1.82, 2.24) is 9.62 Å². The molecule has 30 heavy (non-hydrogen) atoms. The summed E-state index contributed by atoms with van der Waals surface area (Å²) in [6.07, 6.45) is -1.14. The van der Waals surface area contributed by atoms with Crippen LogP contribution in [0.25, 0.3) is 0 Å². The molecule has 2 aliphatic rings. The highest BCUT2D eigenvalue weighted by Crippen LogP contribution is 2.33. The Morgan fingerprint density at radius 1 is 1.13 bits per heavy atom. The van der Waals surface area contributed by atoms with Crippen LogP contribution in [0.1, 0.15) is 30.4 Å². The number of rotatable bonds is 7. The molecule has 0 bridgehead atoms. The van der Waals surface area contributed by atoms with Gasteiger partial charge in [0.1, 0.15) is 5.75 Å². The van der Waals surface area contributed by atoms with Gasteiger partial charge < -0.3 is 9.29 Å². The number of nitrogens with zero attached hydrogens (tertiary/aromatic N) is 1. The summed E-state index contributed by atoms with van der Waals surface area (Å²) in [5, 5.41) is 0.0530. The van der Waals surface area contributed by atoms with Gasteiger partial charge in [-0.05, 0) is 49.1 Å². The summed E-state index contributed by atoms with van der Waals surface area (Å²) in [4.78, 5) is 2.18. The zero-order chi connectivity index (χ0) is 21.3. The predicted octanol–water partition coefficient (Wildman–Crippen LogP) is 4.79. The Morgan fingerprint density at radius 3 is 2.53 bits per heavy atom. The van der Waals surface area contributed by atoms with Gasteiger partial charge in [-0.15, -0.1) is 4.72 Å². The summed E-state index contributed by atoms with van der Waals surface area (Å²) in [6.45, 7) is 2.22. The van der Waals surface area contributed by atoms with Crippen molar-refractivity contribution in [1.29, 1.82) is 0 Å². The fourth-order valence-corrected chi connectivity index (χ4v) is 4.85. The van der Waals surface area contributed by atoms with Crippen LogP contribution in [-0.2, 0) is 24.1 Å². The molecule has 1 aliphatic carbocycles. The van der Waals surface area contributed by atoms with Crippen LogP contribution in [0.3, 0.4) is 0 Å². The summed E-state index contributed by atoms with van der Waals surface area (Å²) >= 11 is 4.17. The lowest BCUT2D eigenvalue weighted by atomic mass is 10.2. The molecule has 9 heteroatoms. The van der Waals surface area contributed by atoms with Crippen LogP contribution in [0.4, 0.5) is 13.2 Å². The quantitative estimate of drug-likeness (QED) is 0.606. The molecule has 1 unspecified atom stereocenters. The lowest BCUT2D eigenvalue weighted by Crippen LogP contribution is -2.37. The van der Waals surface area contributed by atoms with Gasteiger partial charge in [0.05, 0.1) is 34.1 Å². The van der Waals surface area contributed by atoms with Crippen LogP contribution in [0.15, 0.2) is 47.4 Å². The molecule has 1 N–H and O–H groups in total. The van der Waals surface area contributed by atoms with Crippen molar-refractivity contribution in [2.75, 3.05) is 13.1 Å². The minimum atomic E-state index is -4.51. The van der Waals surface area contributed by atoms with Crippen molar-refractivity contribution < 1.29 is 22.5 Å². The van der Waals surface area contributed by atoms with Crippen LogP contribution >= 0.6 is 11.6 Å². The lowest BCUT2D eigenvalue weighted by molar-refractivity contribution is -0.137. The maximum atomic E-state index is 12.9. The van der Waals surface area contributed by atoms with Crippen molar-refractivity contribution in [2.24, 2.45) is 0 Å². The Kier molecular flexibility index (Phi) is 6.50. The first-order valence-electron chi connectivity index (χ1n) is 9.80. The smallest absolute Gasteiger partial charge is 0.416 e. The summed E-state index contributed by atoms with van der Waals surface area (Å²) in [5.74, 6) is 0.885. The molecule has 1 heterocycles. The van der Waals surface area contributed by atoms with E-state index in [4.69, 9.17) is 16.3 Å². The van der Waals surface area contributed by atoms with Crippen molar-refractivity contribution in [3.8, 4) is 5.75 Å². The summed E-state index contributed by atoms with van der Waals surface area (Å²) in [5.41, 5.74) is 0.292. The fraction of sp³-hybridized carbons (Fsp3) is 0.429. The topological polar surface area (TPSA) is 47.6 Å². The van der Waals surface area contributed by atoms with Crippen LogP contribution < -0.4 is 9.46 Å². The maximum absolute atomic E-state index is 12.9. The van der Waals surface area contributed by atoms with Gasteiger partial charge in [-0.3, -0.25) is 4.90 Å². The minimum Gasteiger partial charge on any atom is -0.593 e. The predicted molar refractivity (Wildman–Crippen MR) is 110 cm³/mol.